The van der Waals surface area contributed by atoms with Crippen molar-refractivity contribution in [2.75, 3.05) is 5.32 Å². The van der Waals surface area contributed by atoms with Gasteiger partial charge in [-0.25, -0.2) is 4.98 Å². The van der Waals surface area contributed by atoms with Gasteiger partial charge in [-0.2, -0.15) is 0 Å². The third kappa shape index (κ3) is 3.27. The number of aryl methyl sites for hydroxylation is 1. The lowest BCUT2D eigenvalue weighted by Gasteiger charge is -2.30. The van der Waals surface area contributed by atoms with Crippen molar-refractivity contribution >= 4 is 22.9 Å². The van der Waals surface area contributed by atoms with Gasteiger partial charge in [0.25, 0.3) is 0 Å². The molecule has 1 aromatic carbocycles. The molecule has 1 heterocycles. The van der Waals surface area contributed by atoms with E-state index in [4.69, 9.17) is 4.98 Å². The Hall–Kier alpha value is -1.88. The molecule has 0 saturated heterocycles. The minimum atomic E-state index is -0.798. The van der Waals surface area contributed by atoms with Gasteiger partial charge in [0.1, 0.15) is 0 Å². The van der Waals surface area contributed by atoms with Crippen LogP contribution in [0.5, 0.6) is 0 Å². The first-order chi connectivity index (χ1) is 12.5. The maximum atomic E-state index is 12.8. The van der Waals surface area contributed by atoms with Crippen molar-refractivity contribution in [2.24, 2.45) is 11.8 Å². The topological polar surface area (TPSA) is 67.2 Å². The van der Waals surface area contributed by atoms with Crippen molar-refractivity contribution in [2.45, 2.75) is 77.4 Å². The molecule has 1 aromatic heterocycles. The number of rotatable bonds is 6. The molecule has 5 nitrogen and oxygen atoms in total. The van der Waals surface area contributed by atoms with Gasteiger partial charge in [-0.15, -0.1) is 0 Å². The van der Waals surface area contributed by atoms with Crippen LogP contribution in [0.25, 0.3) is 11.0 Å². The first-order valence-corrected chi connectivity index (χ1v) is 10.1. The van der Waals surface area contributed by atoms with Crippen molar-refractivity contribution in [3.63, 3.8) is 0 Å². The highest BCUT2D eigenvalue weighted by molar-refractivity contribution is 5.92. The zero-order chi connectivity index (χ0) is 17.9. The van der Waals surface area contributed by atoms with Crippen molar-refractivity contribution < 1.29 is 9.90 Å². The predicted molar refractivity (Wildman–Crippen MR) is 108 cm³/mol. The number of carbonyl (C=O) groups excluding carboxylic acids is 1. The summed E-state index contributed by atoms with van der Waals surface area (Å²) in [5, 5.41) is 14.1. The Morgan fingerprint density at radius 3 is 2.44 bits per heavy atom. The minimum Gasteiger partial charge on any atom is -0.389 e. The molecular formula is C22H31N3O2. The van der Waals surface area contributed by atoms with Crippen LogP contribution in [-0.2, 0) is 4.79 Å². The highest BCUT2D eigenvalue weighted by atomic mass is 16.3. The van der Waals surface area contributed by atoms with Crippen molar-refractivity contribution in [1.82, 2.24) is 9.55 Å². The number of imidazole rings is 1. The molecule has 27 heavy (non-hydrogen) atoms. The molecule has 0 spiro atoms. The van der Waals surface area contributed by atoms with Crippen LogP contribution in [0.15, 0.2) is 18.2 Å². The van der Waals surface area contributed by atoms with Gasteiger partial charge in [-0.1, -0.05) is 13.5 Å². The maximum absolute atomic E-state index is 12.8. The fourth-order valence-electron chi connectivity index (χ4n) is 4.52. The van der Waals surface area contributed by atoms with E-state index in [0.29, 0.717) is 23.8 Å². The molecule has 2 N–H and O–H groups in total. The molecular weight excluding hydrogens is 338 g/mol. The molecule has 3 aliphatic carbocycles. The van der Waals surface area contributed by atoms with Crippen LogP contribution < -0.4 is 5.32 Å². The molecule has 146 valence electrons. The molecule has 0 bridgehead atoms. The van der Waals surface area contributed by atoms with Crippen molar-refractivity contribution in [1.29, 1.82) is 0 Å². The summed E-state index contributed by atoms with van der Waals surface area (Å²) in [6.07, 6.45) is 7.93. The highest BCUT2D eigenvalue weighted by Crippen LogP contribution is 2.53. The average Bonchev–Trinajstić information content (AvgIpc) is 3.44. The molecule has 5 heteroatoms. The van der Waals surface area contributed by atoms with E-state index in [1.807, 2.05) is 6.07 Å². The Labute approximate surface area is 161 Å². The van der Waals surface area contributed by atoms with Gasteiger partial charge in [-0.3, -0.25) is 10.1 Å². The van der Waals surface area contributed by atoms with Gasteiger partial charge in [0.2, 0.25) is 11.9 Å². The molecule has 1 amide bonds. The predicted octanol–water partition coefficient (Wildman–Crippen LogP) is 4.59. The Kier molecular flexibility index (Phi) is 4.53. The van der Waals surface area contributed by atoms with E-state index < -0.39 is 5.60 Å². The van der Waals surface area contributed by atoms with Crippen LogP contribution in [0.4, 0.5) is 5.95 Å². The lowest BCUT2D eigenvalue weighted by molar-refractivity contribution is -0.123. The monoisotopic (exact) mass is 369 g/mol. The van der Waals surface area contributed by atoms with Gasteiger partial charge < -0.3 is 9.67 Å². The lowest BCUT2D eigenvalue weighted by atomic mass is 9.88. The Morgan fingerprint density at radius 1 is 1.22 bits per heavy atom. The fourth-order valence-corrected chi connectivity index (χ4v) is 4.52. The molecule has 5 rings (SSSR count). The molecule has 3 saturated carbocycles. The second-order valence-corrected chi connectivity index (χ2v) is 8.65. The number of nitrogens with zero attached hydrogens (tertiary/aromatic N) is 2. The van der Waals surface area contributed by atoms with E-state index in [9.17, 15) is 9.90 Å². The third-order valence-corrected chi connectivity index (χ3v) is 6.55. The summed E-state index contributed by atoms with van der Waals surface area (Å²) in [4.78, 5) is 17.5. The second-order valence-electron chi connectivity index (χ2n) is 8.65. The van der Waals surface area contributed by atoms with Crippen LogP contribution in [0, 0.1) is 18.8 Å². The van der Waals surface area contributed by atoms with E-state index in [-0.39, 0.29) is 19.8 Å². The number of amides is 1. The quantitative estimate of drug-likeness (QED) is 0.783. The molecule has 3 fully saturated rings. The van der Waals surface area contributed by atoms with Gasteiger partial charge in [0.05, 0.1) is 23.1 Å². The normalized spacial score (nSPS) is 20.2. The van der Waals surface area contributed by atoms with E-state index in [1.54, 1.807) is 0 Å². The number of hydrogen-bond donors (Lipinski definition) is 2. The summed E-state index contributed by atoms with van der Waals surface area (Å²) < 4.78 is 2.21. The minimum absolute atomic E-state index is 0. The summed E-state index contributed by atoms with van der Waals surface area (Å²) in [5.41, 5.74) is 2.43. The maximum Gasteiger partial charge on any atom is 0.229 e. The molecule has 0 radical (unpaired) electrons. The number of carbonyl (C=O) groups is 1. The smallest absolute Gasteiger partial charge is 0.229 e. The number of aromatic nitrogens is 2. The Morgan fingerprint density at radius 2 is 1.89 bits per heavy atom. The van der Waals surface area contributed by atoms with Gasteiger partial charge in [0, 0.05) is 6.04 Å². The highest BCUT2D eigenvalue weighted by Gasteiger charge is 2.54. The van der Waals surface area contributed by atoms with Crippen molar-refractivity contribution in [3.8, 4) is 0 Å². The van der Waals surface area contributed by atoms with Crippen LogP contribution in [-0.4, -0.2) is 26.2 Å². The van der Waals surface area contributed by atoms with Gasteiger partial charge in [0.15, 0.2) is 0 Å². The molecule has 2 aromatic rings. The Balaban J connectivity index is 0.00000180. The number of fused-ring (bicyclic) bond motifs is 1. The van der Waals surface area contributed by atoms with E-state index >= 15 is 0 Å². The summed E-state index contributed by atoms with van der Waals surface area (Å²) in [6, 6.07) is 6.66. The van der Waals surface area contributed by atoms with E-state index in [2.05, 4.69) is 28.9 Å². The summed E-state index contributed by atoms with van der Waals surface area (Å²) in [5.74, 6) is 1.18. The van der Waals surface area contributed by atoms with Crippen LogP contribution >= 0.6 is 0 Å². The molecule has 3 aliphatic rings. The van der Waals surface area contributed by atoms with Gasteiger partial charge in [-0.05, 0) is 81.4 Å². The lowest BCUT2D eigenvalue weighted by Crippen LogP contribution is -2.39. The van der Waals surface area contributed by atoms with Crippen LogP contribution in [0.1, 0.15) is 70.4 Å². The first-order valence-electron chi connectivity index (χ1n) is 10.1. The Bertz CT molecular complexity index is 848. The van der Waals surface area contributed by atoms with Crippen LogP contribution in [0.3, 0.4) is 0 Å². The third-order valence-electron chi connectivity index (χ3n) is 6.55. The van der Waals surface area contributed by atoms with Crippen LogP contribution in [0.2, 0.25) is 0 Å². The van der Waals surface area contributed by atoms with E-state index in [1.165, 1.54) is 12.0 Å². The van der Waals surface area contributed by atoms with Crippen molar-refractivity contribution in [3.05, 3.63) is 23.8 Å². The number of anilines is 1. The molecule has 0 atom stereocenters. The zero-order valence-corrected chi connectivity index (χ0v) is 15.4. The number of hydrogen-bond acceptors (Lipinski definition) is 3. The SMILES string of the molecule is C.Cc1ccc2nc(NC(=O)CC(O)(C3CC3)C3CC3)n(C3CCC3)c2c1. The summed E-state index contributed by atoms with van der Waals surface area (Å²) in [6.45, 7) is 2.08. The standard InChI is InChI=1S/C21H27N3O2.CH4/c1-13-5-10-17-18(11-13)24(16-3-2-4-16)20(22-17)23-19(25)12-21(26,14-6-7-14)15-8-9-15;/h5,10-11,14-16,26H,2-4,6-9,12H2,1H3,(H,22,23,25);1H4. The summed E-state index contributed by atoms with van der Waals surface area (Å²) in [7, 11) is 0. The second kappa shape index (κ2) is 6.62. The van der Waals surface area contributed by atoms with Gasteiger partial charge >= 0.3 is 0 Å². The summed E-state index contributed by atoms with van der Waals surface area (Å²) >= 11 is 0. The molecule has 0 unspecified atom stereocenters. The zero-order valence-electron chi connectivity index (χ0n) is 15.4. The average molecular weight is 370 g/mol. The number of benzene rings is 1. The largest absolute Gasteiger partial charge is 0.389 e. The van der Waals surface area contributed by atoms with E-state index in [0.717, 1.165) is 49.6 Å². The fraction of sp³-hybridized carbons (Fsp3) is 0.636. The number of nitrogens with one attached hydrogen (secondary N) is 1. The molecule has 0 aliphatic heterocycles. The first kappa shape index (κ1) is 18.5. The number of aliphatic hydroxyl groups is 1.